The molecule has 5 unspecified atom stereocenters. The second kappa shape index (κ2) is 15.8. The number of non-ortho nitro benzene ring substituents is 1. The first kappa shape index (κ1) is 35.2. The summed E-state index contributed by atoms with van der Waals surface area (Å²) < 4.78 is 51.2. The van der Waals surface area contributed by atoms with Gasteiger partial charge in [0.1, 0.15) is 18.5 Å². The summed E-state index contributed by atoms with van der Waals surface area (Å²) in [5, 5.41) is 25.7. The van der Waals surface area contributed by atoms with Gasteiger partial charge in [-0.05, 0) is 54.7 Å². The first-order valence-corrected chi connectivity index (χ1v) is 17.2. The molecule has 0 radical (unpaired) electrons. The summed E-state index contributed by atoms with van der Waals surface area (Å²) in [4.78, 5) is 27.8. The summed E-state index contributed by atoms with van der Waals surface area (Å²) in [6.07, 6.45) is -0.645. The van der Waals surface area contributed by atoms with Gasteiger partial charge in [0.05, 0.1) is 46.8 Å². The molecule has 258 valence electrons. The van der Waals surface area contributed by atoms with Gasteiger partial charge < -0.3 is 29.4 Å². The molecular weight excluding hydrogens is 644 g/mol. The first-order chi connectivity index (χ1) is 23.0. The summed E-state index contributed by atoms with van der Waals surface area (Å²) in [5.74, 6) is 0.346. The normalized spacial score (nSPS) is 20.3. The number of aliphatic hydroxyl groups excluding tert-OH is 1. The van der Waals surface area contributed by atoms with Gasteiger partial charge in [0.25, 0.3) is 5.69 Å². The number of nitro benzene ring substituents is 1. The number of ether oxygens (including phenoxy) is 4. The molecule has 1 aromatic heterocycles. The molecule has 15 heteroatoms. The summed E-state index contributed by atoms with van der Waals surface area (Å²) in [7, 11) is -4.27. The molecule has 48 heavy (non-hydrogen) atoms. The molecule has 2 aromatic carbocycles. The molecule has 0 saturated carbocycles. The lowest BCUT2D eigenvalue weighted by molar-refractivity contribution is -0.385. The van der Waals surface area contributed by atoms with Crippen LogP contribution in [0.4, 0.5) is 10.5 Å². The van der Waals surface area contributed by atoms with E-state index in [0.29, 0.717) is 18.8 Å². The highest BCUT2D eigenvalue weighted by molar-refractivity contribution is 7.89. The maximum Gasteiger partial charge on any atom is 0.407 e. The number of nitrogens with one attached hydrogen (secondary N) is 1. The van der Waals surface area contributed by atoms with Crippen molar-refractivity contribution in [3.8, 4) is 5.75 Å². The second-order valence-electron chi connectivity index (χ2n) is 12.2. The maximum atomic E-state index is 13.8. The van der Waals surface area contributed by atoms with Crippen molar-refractivity contribution in [3.05, 3.63) is 94.3 Å². The van der Waals surface area contributed by atoms with Crippen molar-refractivity contribution in [1.29, 1.82) is 0 Å². The Morgan fingerprint density at radius 2 is 1.92 bits per heavy atom. The number of amides is 1. The number of rotatable bonds is 15. The second-order valence-corrected chi connectivity index (χ2v) is 14.2. The van der Waals surface area contributed by atoms with E-state index in [0.717, 1.165) is 21.6 Å². The number of carbonyl (C=O) groups is 1. The van der Waals surface area contributed by atoms with E-state index >= 15 is 0 Å². The molecule has 2 aliphatic rings. The molecule has 2 aliphatic heterocycles. The Bertz CT molecular complexity index is 1640. The topological polar surface area (TPSA) is 180 Å². The van der Waals surface area contributed by atoms with Crippen LogP contribution in [-0.4, -0.2) is 84.7 Å². The van der Waals surface area contributed by atoms with Crippen molar-refractivity contribution in [3.63, 3.8) is 0 Å². The average molecular weight is 685 g/mol. The van der Waals surface area contributed by atoms with Crippen molar-refractivity contribution < 1.29 is 42.2 Å². The minimum atomic E-state index is -4.27. The van der Waals surface area contributed by atoms with E-state index in [4.69, 9.17) is 18.9 Å². The monoisotopic (exact) mass is 684 g/mol. The number of hydrogen-bond acceptors (Lipinski definition) is 11. The molecule has 0 spiro atoms. The summed E-state index contributed by atoms with van der Waals surface area (Å²) in [6, 6.07) is 16.4. The van der Waals surface area contributed by atoms with Crippen LogP contribution in [0.1, 0.15) is 31.5 Å². The SMILES string of the molecule is CC(C)CN(CC(O)C(Cc1ccc(OCc2ccccn2)cc1)NC(=O)OC1COC2OCCC12)S(=O)(=O)c1cccc([N+](=O)[O-])c1. The minimum Gasteiger partial charge on any atom is -0.487 e. The molecule has 2 saturated heterocycles. The van der Waals surface area contributed by atoms with E-state index in [-0.39, 0.29) is 48.6 Å². The molecule has 0 aliphatic carbocycles. The molecule has 5 atom stereocenters. The highest BCUT2D eigenvalue weighted by Gasteiger charge is 2.44. The van der Waals surface area contributed by atoms with Crippen LogP contribution in [0.25, 0.3) is 0 Å². The molecule has 14 nitrogen and oxygen atoms in total. The van der Waals surface area contributed by atoms with E-state index in [2.05, 4.69) is 10.3 Å². The van der Waals surface area contributed by atoms with Crippen molar-refractivity contribution in [1.82, 2.24) is 14.6 Å². The Labute approximate surface area is 279 Å². The van der Waals surface area contributed by atoms with E-state index in [1.807, 2.05) is 32.0 Å². The number of aliphatic hydroxyl groups is 1. The van der Waals surface area contributed by atoms with E-state index < -0.39 is 52.1 Å². The number of benzene rings is 2. The molecule has 2 fully saturated rings. The Morgan fingerprint density at radius 1 is 1.12 bits per heavy atom. The van der Waals surface area contributed by atoms with Gasteiger partial charge in [-0.3, -0.25) is 15.1 Å². The fourth-order valence-electron chi connectivity index (χ4n) is 5.69. The molecular formula is C33H40N4O10S. The highest BCUT2D eigenvalue weighted by Crippen LogP contribution is 2.33. The number of sulfonamides is 1. The zero-order valence-corrected chi connectivity index (χ0v) is 27.5. The average Bonchev–Trinajstić information content (AvgIpc) is 3.69. The van der Waals surface area contributed by atoms with Gasteiger partial charge in [0, 0.05) is 31.4 Å². The van der Waals surface area contributed by atoms with Crippen LogP contribution in [0.5, 0.6) is 5.75 Å². The molecule has 3 heterocycles. The van der Waals surface area contributed by atoms with Gasteiger partial charge in [-0.2, -0.15) is 4.31 Å². The maximum absolute atomic E-state index is 13.8. The van der Waals surface area contributed by atoms with Gasteiger partial charge in [0.15, 0.2) is 6.29 Å². The number of hydrogen-bond donors (Lipinski definition) is 2. The highest BCUT2D eigenvalue weighted by atomic mass is 32.2. The first-order valence-electron chi connectivity index (χ1n) is 15.7. The van der Waals surface area contributed by atoms with Crippen LogP contribution in [0.3, 0.4) is 0 Å². The molecule has 5 rings (SSSR count). The lowest BCUT2D eigenvalue weighted by atomic mass is 10.0. The third-order valence-electron chi connectivity index (χ3n) is 8.13. The van der Waals surface area contributed by atoms with Crippen LogP contribution in [0, 0.1) is 22.0 Å². The van der Waals surface area contributed by atoms with Crippen LogP contribution in [-0.2, 0) is 37.3 Å². The zero-order chi connectivity index (χ0) is 34.3. The smallest absolute Gasteiger partial charge is 0.407 e. The summed E-state index contributed by atoms with van der Waals surface area (Å²) in [6.45, 7) is 4.21. The third kappa shape index (κ3) is 9.05. The van der Waals surface area contributed by atoms with Crippen LogP contribution in [0.2, 0.25) is 0 Å². The lowest BCUT2D eigenvalue weighted by Gasteiger charge is -2.31. The zero-order valence-electron chi connectivity index (χ0n) is 26.7. The van der Waals surface area contributed by atoms with Crippen molar-refractivity contribution >= 4 is 21.8 Å². The van der Waals surface area contributed by atoms with Crippen molar-refractivity contribution in [2.75, 3.05) is 26.3 Å². The van der Waals surface area contributed by atoms with Crippen molar-refractivity contribution in [2.45, 2.75) is 62.7 Å². The number of aromatic nitrogens is 1. The summed E-state index contributed by atoms with van der Waals surface area (Å²) in [5.41, 5.74) is 1.12. The standard InChI is InChI=1S/C33H40N4O10S/c1-22(2)18-36(48(42,43)27-8-5-7-25(17-27)37(40)41)19-30(38)29(35-33(39)47-31-21-46-32-28(31)13-15-44-32)16-23-9-11-26(12-10-23)45-20-24-6-3-4-14-34-24/h3-12,14,17,22,28-32,38H,13,15-16,18-21H2,1-2H3,(H,35,39). The predicted molar refractivity (Wildman–Crippen MR) is 172 cm³/mol. The van der Waals surface area contributed by atoms with Gasteiger partial charge in [-0.15, -0.1) is 0 Å². The number of pyridine rings is 1. The Morgan fingerprint density at radius 3 is 2.62 bits per heavy atom. The Balaban J connectivity index is 1.33. The van der Waals surface area contributed by atoms with Gasteiger partial charge >= 0.3 is 6.09 Å². The number of nitro groups is 1. The predicted octanol–water partition coefficient (Wildman–Crippen LogP) is 3.68. The molecule has 3 aromatic rings. The van der Waals surface area contributed by atoms with Gasteiger partial charge in [0.2, 0.25) is 10.0 Å². The quantitative estimate of drug-likeness (QED) is 0.176. The number of alkyl carbamates (subject to hydrolysis) is 1. The fourth-order valence-corrected chi connectivity index (χ4v) is 7.35. The van der Waals surface area contributed by atoms with Gasteiger partial charge in [-0.25, -0.2) is 13.2 Å². The third-order valence-corrected chi connectivity index (χ3v) is 9.96. The van der Waals surface area contributed by atoms with E-state index in [9.17, 15) is 28.4 Å². The fraction of sp³-hybridized carbons (Fsp3) is 0.455. The number of carbonyl (C=O) groups excluding carboxylic acids is 1. The molecule has 1 amide bonds. The van der Waals surface area contributed by atoms with Gasteiger partial charge in [-0.1, -0.05) is 38.1 Å². The Kier molecular flexibility index (Phi) is 11.6. The van der Waals surface area contributed by atoms with E-state index in [1.54, 1.807) is 30.5 Å². The van der Waals surface area contributed by atoms with E-state index in [1.165, 1.54) is 18.2 Å². The molecule has 0 bridgehead atoms. The van der Waals surface area contributed by atoms with Crippen LogP contribution >= 0.6 is 0 Å². The largest absolute Gasteiger partial charge is 0.487 e. The Hall–Kier alpha value is -4.15. The number of nitrogens with zero attached hydrogens (tertiary/aromatic N) is 3. The van der Waals surface area contributed by atoms with Crippen LogP contribution < -0.4 is 10.1 Å². The van der Waals surface area contributed by atoms with Crippen LogP contribution in [0.15, 0.2) is 77.8 Å². The molecule has 2 N–H and O–H groups in total. The minimum absolute atomic E-state index is 0.0179. The summed E-state index contributed by atoms with van der Waals surface area (Å²) >= 11 is 0. The lowest BCUT2D eigenvalue weighted by Crippen LogP contribution is -2.51. The van der Waals surface area contributed by atoms with Crippen molar-refractivity contribution in [2.24, 2.45) is 11.8 Å². The number of fused-ring (bicyclic) bond motifs is 1.